The summed E-state index contributed by atoms with van der Waals surface area (Å²) in [6.07, 6.45) is 3.40. The van der Waals surface area contributed by atoms with Crippen molar-refractivity contribution in [3.63, 3.8) is 0 Å². The third kappa shape index (κ3) is 1.68. The molecule has 0 N–H and O–H groups in total. The van der Waals surface area contributed by atoms with E-state index >= 15 is 0 Å². The fourth-order valence-electron chi connectivity index (χ4n) is 0.877. The van der Waals surface area contributed by atoms with Crippen molar-refractivity contribution in [1.82, 2.24) is 30.4 Å². The smallest absolute Gasteiger partial charge is 0.233 e. The maximum Gasteiger partial charge on any atom is 0.240 e. The first-order chi connectivity index (χ1) is 6.75. The van der Waals surface area contributed by atoms with Crippen LogP contribution in [-0.2, 0) is 0 Å². The molecule has 2 aromatic heterocycles. The van der Waals surface area contributed by atoms with E-state index in [9.17, 15) is 0 Å². The summed E-state index contributed by atoms with van der Waals surface area (Å²) < 4.78 is 0. The van der Waals surface area contributed by atoms with Gasteiger partial charge in [0.15, 0.2) is 5.82 Å². The molecule has 0 radical (unpaired) electrons. The Bertz CT molecular complexity index is 377. The SMILES string of the molecule is Cc1cnc(-c2nnc(C)nn2)nc1. The molecule has 0 aliphatic rings. The van der Waals surface area contributed by atoms with E-state index in [1.165, 1.54) is 0 Å². The second-order valence-electron chi connectivity index (χ2n) is 2.85. The normalized spacial score (nSPS) is 10.1. The summed E-state index contributed by atoms with van der Waals surface area (Å²) in [5.74, 6) is 1.31. The van der Waals surface area contributed by atoms with Gasteiger partial charge in [-0.3, -0.25) is 0 Å². The van der Waals surface area contributed by atoms with Crippen LogP contribution in [0.5, 0.6) is 0 Å². The zero-order chi connectivity index (χ0) is 9.97. The summed E-state index contributed by atoms with van der Waals surface area (Å²) in [4.78, 5) is 8.12. The van der Waals surface area contributed by atoms with Gasteiger partial charge in [0.2, 0.25) is 11.6 Å². The largest absolute Gasteiger partial charge is 0.240 e. The summed E-state index contributed by atoms with van der Waals surface area (Å²) in [6.45, 7) is 3.63. The molecule has 0 bridgehead atoms. The van der Waals surface area contributed by atoms with Gasteiger partial charge < -0.3 is 0 Å². The number of aromatic nitrogens is 6. The van der Waals surface area contributed by atoms with Crippen LogP contribution in [0.15, 0.2) is 12.4 Å². The van der Waals surface area contributed by atoms with Crippen molar-refractivity contribution < 1.29 is 0 Å². The maximum absolute atomic E-state index is 4.06. The van der Waals surface area contributed by atoms with Crippen molar-refractivity contribution >= 4 is 0 Å². The minimum atomic E-state index is 0.343. The molecule has 6 heteroatoms. The molecule has 0 amide bonds. The molecule has 0 aliphatic carbocycles. The molecular formula is C8H8N6. The van der Waals surface area contributed by atoms with Gasteiger partial charge in [-0.05, 0) is 19.4 Å². The van der Waals surface area contributed by atoms with Gasteiger partial charge >= 0.3 is 0 Å². The van der Waals surface area contributed by atoms with Gasteiger partial charge in [0.1, 0.15) is 0 Å². The number of hydrogen-bond acceptors (Lipinski definition) is 6. The summed E-state index contributed by atoms with van der Waals surface area (Å²) in [5, 5.41) is 15.2. The zero-order valence-electron chi connectivity index (χ0n) is 7.84. The average molecular weight is 188 g/mol. The lowest BCUT2D eigenvalue weighted by Crippen LogP contribution is -2.01. The highest BCUT2D eigenvalue weighted by atomic mass is 15.3. The van der Waals surface area contributed by atoms with Gasteiger partial charge in [-0.25, -0.2) is 9.97 Å². The van der Waals surface area contributed by atoms with Gasteiger partial charge in [-0.2, -0.15) is 0 Å². The Morgan fingerprint density at radius 1 is 0.786 bits per heavy atom. The van der Waals surface area contributed by atoms with Gasteiger partial charge in [0.05, 0.1) is 0 Å². The van der Waals surface area contributed by atoms with E-state index < -0.39 is 0 Å². The van der Waals surface area contributed by atoms with Crippen LogP contribution in [0, 0.1) is 13.8 Å². The molecule has 0 saturated heterocycles. The average Bonchev–Trinajstić information content (AvgIpc) is 2.21. The fraction of sp³-hybridized carbons (Fsp3) is 0.250. The first-order valence-electron chi connectivity index (χ1n) is 4.09. The lowest BCUT2D eigenvalue weighted by molar-refractivity contribution is 0.806. The van der Waals surface area contributed by atoms with Crippen molar-refractivity contribution in [2.24, 2.45) is 0 Å². The predicted octanol–water partition coefficient (Wildman–Crippen LogP) is 0.340. The van der Waals surface area contributed by atoms with Crippen molar-refractivity contribution in [3.8, 4) is 11.6 Å². The van der Waals surface area contributed by atoms with Crippen molar-refractivity contribution in [3.05, 3.63) is 23.8 Å². The van der Waals surface area contributed by atoms with Crippen LogP contribution in [0.1, 0.15) is 11.4 Å². The first kappa shape index (κ1) is 8.61. The molecule has 14 heavy (non-hydrogen) atoms. The van der Waals surface area contributed by atoms with Crippen LogP contribution in [0.3, 0.4) is 0 Å². The Morgan fingerprint density at radius 3 is 1.93 bits per heavy atom. The lowest BCUT2D eigenvalue weighted by Gasteiger charge is -1.96. The van der Waals surface area contributed by atoms with Crippen LogP contribution in [-0.4, -0.2) is 30.4 Å². The molecule has 70 valence electrons. The molecule has 0 atom stereocenters. The summed E-state index contributed by atoms with van der Waals surface area (Å²) in [5.41, 5.74) is 0.988. The minimum Gasteiger partial charge on any atom is -0.233 e. The standard InChI is InChI=1S/C8H8N6/c1-5-3-9-7(10-4-5)8-13-11-6(2)12-14-8/h3-4H,1-2H3. The van der Waals surface area contributed by atoms with Crippen molar-refractivity contribution in [2.45, 2.75) is 13.8 Å². The highest BCUT2D eigenvalue weighted by Gasteiger charge is 2.04. The first-order valence-corrected chi connectivity index (χ1v) is 4.09. The van der Waals surface area contributed by atoms with Crippen LogP contribution in [0.25, 0.3) is 11.6 Å². The number of nitrogens with zero attached hydrogens (tertiary/aromatic N) is 6. The van der Waals surface area contributed by atoms with E-state index in [0.717, 1.165) is 5.56 Å². The highest BCUT2D eigenvalue weighted by Crippen LogP contribution is 2.04. The van der Waals surface area contributed by atoms with Crippen molar-refractivity contribution in [2.75, 3.05) is 0 Å². The zero-order valence-corrected chi connectivity index (χ0v) is 7.84. The predicted molar refractivity (Wildman–Crippen MR) is 48.1 cm³/mol. The monoisotopic (exact) mass is 188 g/mol. The minimum absolute atomic E-state index is 0.343. The number of aryl methyl sites for hydroxylation is 2. The van der Waals surface area contributed by atoms with Gasteiger partial charge in [-0.15, -0.1) is 20.4 Å². The van der Waals surface area contributed by atoms with E-state index in [2.05, 4.69) is 30.4 Å². The Kier molecular flexibility index (Phi) is 2.10. The molecule has 2 aromatic rings. The van der Waals surface area contributed by atoms with E-state index in [0.29, 0.717) is 17.5 Å². The Hall–Kier alpha value is -1.98. The van der Waals surface area contributed by atoms with Crippen LogP contribution in [0.2, 0.25) is 0 Å². The number of rotatable bonds is 1. The van der Waals surface area contributed by atoms with E-state index in [1.807, 2.05) is 6.92 Å². The Morgan fingerprint density at radius 2 is 1.36 bits per heavy atom. The van der Waals surface area contributed by atoms with Crippen LogP contribution < -0.4 is 0 Å². The Balaban J connectivity index is 2.40. The summed E-state index contributed by atoms with van der Waals surface area (Å²) in [6, 6.07) is 0. The third-order valence-electron chi connectivity index (χ3n) is 1.56. The van der Waals surface area contributed by atoms with Gasteiger partial charge in [0.25, 0.3) is 0 Å². The molecule has 0 aromatic carbocycles. The van der Waals surface area contributed by atoms with Gasteiger partial charge in [0, 0.05) is 12.4 Å². The van der Waals surface area contributed by atoms with E-state index in [1.54, 1.807) is 19.3 Å². The van der Waals surface area contributed by atoms with Crippen LogP contribution in [0.4, 0.5) is 0 Å². The molecule has 0 aliphatic heterocycles. The summed E-state index contributed by atoms with van der Waals surface area (Å²) in [7, 11) is 0. The molecule has 0 fully saturated rings. The molecule has 0 spiro atoms. The van der Waals surface area contributed by atoms with Gasteiger partial charge in [-0.1, -0.05) is 0 Å². The second-order valence-corrected chi connectivity index (χ2v) is 2.85. The Labute approximate surface area is 80.5 Å². The maximum atomic E-state index is 4.06. The molecule has 2 rings (SSSR count). The van der Waals surface area contributed by atoms with Crippen LogP contribution >= 0.6 is 0 Å². The summed E-state index contributed by atoms with van der Waals surface area (Å²) >= 11 is 0. The fourth-order valence-corrected chi connectivity index (χ4v) is 0.877. The van der Waals surface area contributed by atoms with Crippen molar-refractivity contribution in [1.29, 1.82) is 0 Å². The number of hydrogen-bond donors (Lipinski definition) is 0. The molecule has 0 unspecified atom stereocenters. The molecule has 6 nitrogen and oxygen atoms in total. The molecule has 0 saturated carbocycles. The third-order valence-corrected chi connectivity index (χ3v) is 1.56. The second kappa shape index (κ2) is 3.41. The quantitative estimate of drug-likeness (QED) is 0.642. The topological polar surface area (TPSA) is 77.3 Å². The van der Waals surface area contributed by atoms with E-state index in [-0.39, 0.29) is 0 Å². The van der Waals surface area contributed by atoms with E-state index in [4.69, 9.17) is 0 Å². The lowest BCUT2D eigenvalue weighted by atomic mass is 10.4. The highest BCUT2D eigenvalue weighted by molar-refractivity contribution is 5.39. The molecular weight excluding hydrogens is 180 g/mol. The molecule has 2 heterocycles.